The molecule has 0 aromatic carbocycles. The molecule has 1 fully saturated rings. The molecule has 0 aromatic heterocycles. The van der Waals surface area contributed by atoms with Crippen molar-refractivity contribution in [3.05, 3.63) is 0 Å². The lowest BCUT2D eigenvalue weighted by Crippen LogP contribution is -2.28. The maximum Gasteiger partial charge on any atom is 0.509 e. The third-order valence-electron chi connectivity index (χ3n) is 2.43. The van der Waals surface area contributed by atoms with Crippen molar-refractivity contribution in [1.29, 1.82) is 0 Å². The zero-order chi connectivity index (χ0) is 15.5. The van der Waals surface area contributed by atoms with Crippen LogP contribution in [0.25, 0.3) is 0 Å². The lowest BCUT2D eigenvalue weighted by Gasteiger charge is -2.09. The van der Waals surface area contributed by atoms with E-state index < -0.39 is 12.3 Å². The summed E-state index contributed by atoms with van der Waals surface area (Å²) in [5, 5.41) is 3.10. The highest BCUT2D eigenvalue weighted by molar-refractivity contribution is 8.76. The summed E-state index contributed by atoms with van der Waals surface area (Å²) in [7, 11) is 3.20. The summed E-state index contributed by atoms with van der Waals surface area (Å²) >= 11 is 0. The second kappa shape index (κ2) is 10.1. The summed E-state index contributed by atoms with van der Waals surface area (Å²) in [6.45, 7) is 2.08. The van der Waals surface area contributed by atoms with E-state index in [2.05, 4.69) is 5.32 Å². The largest absolute Gasteiger partial charge is 0.509 e. The van der Waals surface area contributed by atoms with E-state index in [0.717, 1.165) is 12.3 Å². The fourth-order valence-electron chi connectivity index (χ4n) is 1.47. The van der Waals surface area contributed by atoms with Crippen LogP contribution in [0.2, 0.25) is 0 Å². The SMILES string of the molecule is [3H]CCNCCSSCCOC(=O)OC1C(=O)CCC1=O. The molecule has 1 rings (SSSR count). The van der Waals surface area contributed by atoms with Crippen molar-refractivity contribution in [1.82, 2.24) is 5.32 Å². The Bertz CT molecular complexity index is 354. The number of carbonyl (C=O) groups is 3. The van der Waals surface area contributed by atoms with Gasteiger partial charge in [0, 0.05) is 32.3 Å². The lowest BCUT2D eigenvalue weighted by molar-refractivity contribution is -0.134. The number of ether oxygens (including phenoxy) is 2. The minimum atomic E-state index is -1.26. The average molecular weight is 323 g/mol. The minimum absolute atomic E-state index is 0.136. The highest BCUT2D eigenvalue weighted by Crippen LogP contribution is 2.20. The molecule has 6 nitrogen and oxygen atoms in total. The van der Waals surface area contributed by atoms with E-state index in [4.69, 9.17) is 10.8 Å². The summed E-state index contributed by atoms with van der Waals surface area (Å²) in [6, 6.07) is 0. The molecule has 0 atom stereocenters. The van der Waals surface area contributed by atoms with Crippen molar-refractivity contribution in [2.45, 2.75) is 25.8 Å². The summed E-state index contributed by atoms with van der Waals surface area (Å²) in [5.74, 6) is 0.787. The van der Waals surface area contributed by atoms with Crippen molar-refractivity contribution < 1.29 is 25.2 Å². The molecule has 20 heavy (non-hydrogen) atoms. The van der Waals surface area contributed by atoms with Crippen LogP contribution in [0.4, 0.5) is 4.79 Å². The van der Waals surface area contributed by atoms with E-state index in [1.54, 1.807) is 21.6 Å². The van der Waals surface area contributed by atoms with Crippen LogP contribution in [0.15, 0.2) is 0 Å². The minimum Gasteiger partial charge on any atom is -0.433 e. The highest BCUT2D eigenvalue weighted by Gasteiger charge is 2.36. The van der Waals surface area contributed by atoms with Crippen LogP contribution in [0.5, 0.6) is 0 Å². The van der Waals surface area contributed by atoms with Crippen molar-refractivity contribution in [3.8, 4) is 0 Å². The second-order valence-electron chi connectivity index (χ2n) is 3.92. The Morgan fingerprint density at radius 2 is 2.05 bits per heavy atom. The van der Waals surface area contributed by atoms with Crippen molar-refractivity contribution in [2.24, 2.45) is 0 Å². The van der Waals surface area contributed by atoms with E-state index in [1.165, 1.54) is 0 Å². The van der Waals surface area contributed by atoms with Gasteiger partial charge in [0.25, 0.3) is 0 Å². The molecule has 8 heteroatoms. The molecular weight excluding hydrogens is 302 g/mol. The van der Waals surface area contributed by atoms with Crippen LogP contribution in [-0.4, -0.2) is 55.0 Å². The van der Waals surface area contributed by atoms with Crippen LogP contribution in [0.3, 0.4) is 0 Å². The predicted octanol–water partition coefficient (Wildman–Crippen LogP) is 1.43. The Balaban J connectivity index is 1.96. The van der Waals surface area contributed by atoms with Gasteiger partial charge < -0.3 is 14.8 Å². The Morgan fingerprint density at radius 3 is 2.75 bits per heavy atom. The maximum absolute atomic E-state index is 11.3. The van der Waals surface area contributed by atoms with Crippen LogP contribution in [0.1, 0.15) is 21.1 Å². The smallest absolute Gasteiger partial charge is 0.433 e. The van der Waals surface area contributed by atoms with Gasteiger partial charge in [-0.2, -0.15) is 0 Å². The molecule has 0 aliphatic heterocycles. The molecule has 0 aromatic rings. The van der Waals surface area contributed by atoms with E-state index in [-0.39, 0.29) is 31.0 Å². The van der Waals surface area contributed by atoms with Gasteiger partial charge in [-0.25, -0.2) is 4.79 Å². The lowest BCUT2D eigenvalue weighted by atomic mass is 10.3. The number of hydrogen-bond acceptors (Lipinski definition) is 8. The van der Waals surface area contributed by atoms with Gasteiger partial charge in [0.05, 0.1) is 0 Å². The van der Waals surface area contributed by atoms with E-state index in [0.29, 0.717) is 19.2 Å². The molecule has 0 heterocycles. The van der Waals surface area contributed by atoms with E-state index >= 15 is 0 Å². The average Bonchev–Trinajstić information content (AvgIpc) is 2.77. The third-order valence-corrected chi connectivity index (χ3v) is 4.80. The van der Waals surface area contributed by atoms with Gasteiger partial charge in [-0.1, -0.05) is 28.5 Å². The standard InChI is InChI=1S/C12H19NO5S2/c1-2-13-5-7-19-20-8-6-17-12(16)18-11-9(14)3-4-10(11)15/h11,13H,2-8H2,1H3/i1T. The summed E-state index contributed by atoms with van der Waals surface area (Å²) in [5.41, 5.74) is 0. The monoisotopic (exact) mass is 323 g/mol. The molecule has 1 saturated carbocycles. The molecule has 0 spiro atoms. The quantitative estimate of drug-likeness (QED) is 0.295. The Morgan fingerprint density at radius 1 is 1.35 bits per heavy atom. The Kier molecular flexibility index (Phi) is 7.88. The molecule has 114 valence electrons. The van der Waals surface area contributed by atoms with Crippen LogP contribution < -0.4 is 5.32 Å². The fourth-order valence-corrected chi connectivity index (χ4v) is 3.24. The molecule has 0 saturated heterocycles. The number of ketones is 2. The van der Waals surface area contributed by atoms with Crippen molar-refractivity contribution in [3.63, 3.8) is 0 Å². The van der Waals surface area contributed by atoms with Gasteiger partial charge in [-0.05, 0) is 6.54 Å². The second-order valence-corrected chi connectivity index (χ2v) is 6.63. The van der Waals surface area contributed by atoms with Crippen LogP contribution in [0, 0.1) is 0 Å². The zero-order valence-electron chi connectivity index (χ0n) is 12.1. The molecular formula is C12H19NO5S2. The molecule has 0 bridgehead atoms. The third kappa shape index (κ3) is 6.62. The van der Waals surface area contributed by atoms with Crippen molar-refractivity contribution in [2.75, 3.05) is 31.2 Å². The number of carbonyl (C=O) groups excluding carboxylic acids is 3. The molecule has 0 unspecified atom stereocenters. The highest BCUT2D eigenvalue weighted by atomic mass is 33.1. The van der Waals surface area contributed by atoms with Gasteiger partial charge in [-0.3, -0.25) is 9.59 Å². The first-order chi connectivity index (χ1) is 10.1. The number of nitrogens with one attached hydrogen (secondary N) is 1. The van der Waals surface area contributed by atoms with Gasteiger partial charge in [0.2, 0.25) is 6.10 Å². The van der Waals surface area contributed by atoms with Crippen LogP contribution >= 0.6 is 21.6 Å². The first-order valence-electron chi connectivity index (χ1n) is 6.99. The normalized spacial score (nSPS) is 16.3. The summed E-state index contributed by atoms with van der Waals surface area (Å²) < 4.78 is 16.5. The van der Waals surface area contributed by atoms with Gasteiger partial charge >= 0.3 is 6.16 Å². The summed E-state index contributed by atoms with van der Waals surface area (Å²) in [6.07, 6.45) is -1.95. The van der Waals surface area contributed by atoms with Crippen LogP contribution in [-0.2, 0) is 19.1 Å². The zero-order valence-corrected chi connectivity index (χ0v) is 12.7. The Labute approximate surface area is 127 Å². The fraction of sp³-hybridized carbons (Fsp3) is 0.750. The molecule has 0 amide bonds. The Hall–Kier alpha value is -0.730. The van der Waals surface area contributed by atoms with Crippen molar-refractivity contribution >= 4 is 39.3 Å². The van der Waals surface area contributed by atoms with Gasteiger partial charge in [0.15, 0.2) is 11.6 Å². The number of hydrogen-bond donors (Lipinski definition) is 1. The predicted molar refractivity (Wildman–Crippen MR) is 78.9 cm³/mol. The van der Waals surface area contributed by atoms with E-state index in [9.17, 15) is 14.4 Å². The molecule has 1 N–H and O–H groups in total. The summed E-state index contributed by atoms with van der Waals surface area (Å²) in [4.78, 5) is 33.8. The topological polar surface area (TPSA) is 81.7 Å². The van der Waals surface area contributed by atoms with Gasteiger partial charge in [0.1, 0.15) is 6.61 Å². The first-order valence-corrected chi connectivity index (χ1v) is 8.77. The molecule has 1 aliphatic carbocycles. The van der Waals surface area contributed by atoms with Gasteiger partial charge in [-0.15, -0.1) is 0 Å². The van der Waals surface area contributed by atoms with E-state index in [1.807, 2.05) is 0 Å². The maximum atomic E-state index is 11.3. The number of rotatable bonds is 9. The molecule has 1 aliphatic rings. The first kappa shape index (κ1) is 15.7. The molecule has 0 radical (unpaired) electrons. The number of Topliss-reactive ketones (excluding diaryl/α,β-unsaturated/α-hetero) is 2.